The predicted molar refractivity (Wildman–Crippen MR) is 123 cm³/mol. The number of amides is 1. The number of rotatable bonds is 5. The predicted octanol–water partition coefficient (Wildman–Crippen LogP) is 5.42. The number of aryl methyl sites for hydroxylation is 1. The van der Waals surface area contributed by atoms with Gasteiger partial charge in [0.25, 0.3) is 0 Å². The lowest BCUT2D eigenvalue weighted by Crippen LogP contribution is -2.45. The molecule has 1 atom stereocenters. The van der Waals surface area contributed by atoms with Gasteiger partial charge in [-0.25, -0.2) is 9.59 Å². The molecule has 0 aliphatic rings. The normalized spacial score (nSPS) is 12.3. The molecule has 0 bridgehead atoms. The van der Waals surface area contributed by atoms with E-state index < -0.39 is 23.7 Å². The molecule has 3 aromatic carbocycles. The number of alkyl carbamates (subject to hydrolysis) is 1. The molecule has 0 fully saturated rings. The van der Waals surface area contributed by atoms with Crippen molar-refractivity contribution < 1.29 is 19.1 Å². The van der Waals surface area contributed by atoms with Crippen molar-refractivity contribution >= 4 is 22.8 Å². The van der Waals surface area contributed by atoms with Crippen molar-refractivity contribution in [2.75, 3.05) is 7.11 Å². The van der Waals surface area contributed by atoms with E-state index in [1.165, 1.54) is 23.4 Å². The molecule has 0 aliphatic carbocycles. The average molecular weight is 420 g/mol. The first kappa shape index (κ1) is 22.3. The van der Waals surface area contributed by atoms with Crippen LogP contribution in [0.3, 0.4) is 0 Å². The molecule has 1 N–H and O–H groups in total. The van der Waals surface area contributed by atoms with Crippen LogP contribution in [0.5, 0.6) is 0 Å². The summed E-state index contributed by atoms with van der Waals surface area (Å²) in [6.45, 7) is 7.43. The molecule has 31 heavy (non-hydrogen) atoms. The number of hydrogen-bond donors (Lipinski definition) is 1. The van der Waals surface area contributed by atoms with Gasteiger partial charge in [0.2, 0.25) is 0 Å². The molecule has 0 saturated carbocycles. The quantitative estimate of drug-likeness (QED) is 0.561. The summed E-state index contributed by atoms with van der Waals surface area (Å²) in [7, 11) is 1.30. The Morgan fingerprint density at radius 1 is 0.968 bits per heavy atom. The van der Waals surface area contributed by atoms with E-state index in [1.54, 1.807) is 20.8 Å². The average Bonchev–Trinajstić information content (AvgIpc) is 2.72. The van der Waals surface area contributed by atoms with Crippen LogP contribution < -0.4 is 5.32 Å². The molecule has 5 heteroatoms. The summed E-state index contributed by atoms with van der Waals surface area (Å²) in [5.41, 5.74) is 3.72. The molecule has 0 saturated heterocycles. The van der Waals surface area contributed by atoms with E-state index in [4.69, 9.17) is 9.47 Å². The van der Waals surface area contributed by atoms with E-state index in [2.05, 4.69) is 36.5 Å². The van der Waals surface area contributed by atoms with Crippen LogP contribution in [-0.4, -0.2) is 30.8 Å². The standard InChI is InChI=1S/C26H29NO4/c1-17-14-21(16-20-8-6-7-9-22(17)20)19-12-10-18(11-13-19)15-23(24(28)30-5)27-25(29)31-26(2,3)4/h6-14,16,23H,15H2,1-5H3,(H,27,29)/t23-/m0/s1. The highest BCUT2D eigenvalue weighted by Gasteiger charge is 2.25. The van der Waals surface area contributed by atoms with E-state index in [0.717, 1.165) is 16.7 Å². The van der Waals surface area contributed by atoms with Gasteiger partial charge in [-0.05, 0) is 66.8 Å². The lowest BCUT2D eigenvalue weighted by molar-refractivity contribution is -0.143. The van der Waals surface area contributed by atoms with E-state index in [1.807, 2.05) is 36.4 Å². The third kappa shape index (κ3) is 5.85. The first-order valence-corrected chi connectivity index (χ1v) is 10.3. The van der Waals surface area contributed by atoms with Crippen molar-refractivity contribution in [2.45, 2.75) is 45.8 Å². The third-order valence-corrected chi connectivity index (χ3v) is 4.97. The summed E-state index contributed by atoms with van der Waals surface area (Å²) in [6, 6.07) is 19.9. The van der Waals surface area contributed by atoms with Gasteiger partial charge >= 0.3 is 12.1 Å². The van der Waals surface area contributed by atoms with Crippen LogP contribution in [-0.2, 0) is 20.7 Å². The Balaban J connectivity index is 1.78. The summed E-state index contributed by atoms with van der Waals surface area (Å²) >= 11 is 0. The number of fused-ring (bicyclic) bond motifs is 1. The van der Waals surface area contributed by atoms with E-state index >= 15 is 0 Å². The zero-order chi connectivity index (χ0) is 22.6. The fraction of sp³-hybridized carbons (Fsp3) is 0.308. The van der Waals surface area contributed by atoms with Crippen LogP contribution in [0.1, 0.15) is 31.9 Å². The smallest absolute Gasteiger partial charge is 0.408 e. The molecule has 0 spiro atoms. The molecule has 0 aliphatic heterocycles. The Morgan fingerprint density at radius 3 is 2.29 bits per heavy atom. The highest BCUT2D eigenvalue weighted by Crippen LogP contribution is 2.28. The second-order valence-electron chi connectivity index (χ2n) is 8.64. The lowest BCUT2D eigenvalue weighted by Gasteiger charge is -2.22. The van der Waals surface area contributed by atoms with Gasteiger partial charge in [-0.1, -0.05) is 54.6 Å². The lowest BCUT2D eigenvalue weighted by atomic mass is 9.96. The Kier molecular flexibility index (Phi) is 6.64. The zero-order valence-electron chi connectivity index (χ0n) is 18.7. The Bertz CT molecular complexity index is 1080. The van der Waals surface area contributed by atoms with Gasteiger partial charge in [-0.15, -0.1) is 0 Å². The Morgan fingerprint density at radius 2 is 1.65 bits per heavy atom. The molecular formula is C26H29NO4. The largest absolute Gasteiger partial charge is 0.467 e. The van der Waals surface area contributed by atoms with Crippen molar-refractivity contribution in [3.8, 4) is 11.1 Å². The van der Waals surface area contributed by atoms with Gasteiger partial charge in [0.15, 0.2) is 0 Å². The minimum Gasteiger partial charge on any atom is -0.467 e. The molecule has 0 aromatic heterocycles. The number of hydrogen-bond acceptors (Lipinski definition) is 4. The number of esters is 1. The SMILES string of the molecule is COC(=O)[C@H](Cc1ccc(-c2cc(C)c3ccccc3c2)cc1)NC(=O)OC(C)(C)C. The van der Waals surface area contributed by atoms with E-state index in [9.17, 15) is 9.59 Å². The number of benzene rings is 3. The molecule has 162 valence electrons. The number of methoxy groups -OCH3 is 1. The van der Waals surface area contributed by atoms with Gasteiger partial charge in [-0.3, -0.25) is 0 Å². The van der Waals surface area contributed by atoms with Crippen molar-refractivity contribution in [1.82, 2.24) is 5.32 Å². The minimum atomic E-state index is -0.825. The molecule has 3 rings (SSSR count). The summed E-state index contributed by atoms with van der Waals surface area (Å²) in [6.07, 6.45) is -0.339. The van der Waals surface area contributed by atoms with Crippen LogP contribution in [0.25, 0.3) is 21.9 Å². The van der Waals surface area contributed by atoms with Crippen molar-refractivity contribution in [1.29, 1.82) is 0 Å². The fourth-order valence-electron chi connectivity index (χ4n) is 3.52. The summed E-state index contributed by atoms with van der Waals surface area (Å²) in [5.74, 6) is -0.514. The maximum Gasteiger partial charge on any atom is 0.408 e. The maximum atomic E-state index is 12.2. The maximum absolute atomic E-state index is 12.2. The number of nitrogens with one attached hydrogen (secondary N) is 1. The molecule has 5 nitrogen and oxygen atoms in total. The monoisotopic (exact) mass is 419 g/mol. The molecule has 3 aromatic rings. The fourth-order valence-corrected chi connectivity index (χ4v) is 3.52. The van der Waals surface area contributed by atoms with Crippen LogP contribution in [0.4, 0.5) is 4.79 Å². The van der Waals surface area contributed by atoms with E-state index in [0.29, 0.717) is 6.42 Å². The number of carbonyl (C=O) groups excluding carboxylic acids is 2. The second-order valence-corrected chi connectivity index (χ2v) is 8.64. The van der Waals surface area contributed by atoms with E-state index in [-0.39, 0.29) is 0 Å². The van der Waals surface area contributed by atoms with Gasteiger partial charge in [0, 0.05) is 6.42 Å². The molecule has 0 heterocycles. The van der Waals surface area contributed by atoms with Crippen LogP contribution in [0, 0.1) is 6.92 Å². The topological polar surface area (TPSA) is 64.6 Å². The summed E-state index contributed by atoms with van der Waals surface area (Å²) in [4.78, 5) is 24.3. The highest BCUT2D eigenvalue weighted by molar-refractivity contribution is 5.90. The summed E-state index contributed by atoms with van der Waals surface area (Å²) < 4.78 is 10.1. The second kappa shape index (κ2) is 9.21. The third-order valence-electron chi connectivity index (χ3n) is 4.97. The minimum absolute atomic E-state index is 0.308. The number of ether oxygens (including phenoxy) is 2. The molecule has 1 amide bonds. The van der Waals surface area contributed by atoms with Crippen molar-refractivity contribution in [3.05, 3.63) is 71.8 Å². The van der Waals surface area contributed by atoms with Crippen molar-refractivity contribution in [2.24, 2.45) is 0 Å². The van der Waals surface area contributed by atoms with Crippen LogP contribution >= 0.6 is 0 Å². The molecular weight excluding hydrogens is 390 g/mol. The van der Waals surface area contributed by atoms with Gasteiger partial charge < -0.3 is 14.8 Å². The zero-order valence-corrected chi connectivity index (χ0v) is 18.7. The van der Waals surface area contributed by atoms with Gasteiger partial charge in [0.1, 0.15) is 11.6 Å². The van der Waals surface area contributed by atoms with Crippen LogP contribution in [0.2, 0.25) is 0 Å². The molecule has 0 radical (unpaired) electrons. The van der Waals surface area contributed by atoms with Gasteiger partial charge in [-0.2, -0.15) is 0 Å². The van der Waals surface area contributed by atoms with Crippen molar-refractivity contribution in [3.63, 3.8) is 0 Å². The first-order chi connectivity index (χ1) is 14.7. The first-order valence-electron chi connectivity index (χ1n) is 10.3. The van der Waals surface area contributed by atoms with Gasteiger partial charge in [0.05, 0.1) is 7.11 Å². The summed E-state index contributed by atoms with van der Waals surface area (Å²) in [5, 5.41) is 5.06. The van der Waals surface area contributed by atoms with Crippen LogP contribution in [0.15, 0.2) is 60.7 Å². The molecule has 0 unspecified atom stereocenters. The number of carbonyl (C=O) groups is 2. The highest BCUT2D eigenvalue weighted by atomic mass is 16.6. The Hall–Kier alpha value is -3.34. The Labute approximate surface area is 183 Å².